The van der Waals surface area contributed by atoms with Crippen molar-refractivity contribution in [1.29, 1.82) is 0 Å². The Hall–Kier alpha value is -3.02. The van der Waals surface area contributed by atoms with Crippen LogP contribution in [0.1, 0.15) is 16.3 Å². The van der Waals surface area contributed by atoms with Gasteiger partial charge < -0.3 is 14.8 Å². The number of benzene rings is 1. The summed E-state index contributed by atoms with van der Waals surface area (Å²) in [5.41, 5.74) is 2.86. The Balaban J connectivity index is 1.70. The second-order valence-electron chi connectivity index (χ2n) is 4.48. The van der Waals surface area contributed by atoms with E-state index in [4.69, 9.17) is 9.52 Å². The first-order valence-electron chi connectivity index (χ1n) is 6.38. The van der Waals surface area contributed by atoms with E-state index in [2.05, 4.69) is 15.5 Å². The van der Waals surface area contributed by atoms with E-state index in [1.807, 2.05) is 30.3 Å². The Bertz CT molecular complexity index is 747. The van der Waals surface area contributed by atoms with Crippen molar-refractivity contribution in [1.82, 2.24) is 10.2 Å². The standard InChI is InChI=1S/C15H13N3O3/c19-15(20)14-5-4-12(21-14)9-16-11-3-1-2-10(8-11)13-6-7-17-18-13/h1-8,16H,9H2,(H,17,18)(H,19,20). The molecule has 2 heterocycles. The van der Waals surface area contributed by atoms with E-state index in [-0.39, 0.29) is 5.76 Å². The molecule has 21 heavy (non-hydrogen) atoms. The third-order valence-electron chi connectivity index (χ3n) is 3.01. The van der Waals surface area contributed by atoms with E-state index in [1.165, 1.54) is 6.07 Å². The number of aromatic nitrogens is 2. The van der Waals surface area contributed by atoms with Gasteiger partial charge in [0.15, 0.2) is 0 Å². The lowest BCUT2D eigenvalue weighted by Gasteiger charge is -2.06. The molecule has 3 rings (SSSR count). The Morgan fingerprint density at radius 2 is 2.19 bits per heavy atom. The molecule has 1 aromatic carbocycles. The Morgan fingerprint density at radius 1 is 1.29 bits per heavy atom. The molecule has 6 nitrogen and oxygen atoms in total. The first kappa shape index (κ1) is 13.0. The maximum atomic E-state index is 10.7. The molecule has 0 bridgehead atoms. The van der Waals surface area contributed by atoms with Crippen LogP contribution in [0.2, 0.25) is 0 Å². The minimum Gasteiger partial charge on any atom is -0.475 e. The van der Waals surface area contributed by atoms with Gasteiger partial charge in [0, 0.05) is 17.4 Å². The topological polar surface area (TPSA) is 91.1 Å². The number of H-pyrrole nitrogens is 1. The molecule has 0 spiro atoms. The third-order valence-corrected chi connectivity index (χ3v) is 3.01. The molecular formula is C15H13N3O3. The number of rotatable bonds is 5. The van der Waals surface area contributed by atoms with Crippen molar-refractivity contribution in [2.75, 3.05) is 5.32 Å². The summed E-state index contributed by atoms with van der Waals surface area (Å²) in [5.74, 6) is -0.556. The maximum Gasteiger partial charge on any atom is 0.371 e. The first-order valence-corrected chi connectivity index (χ1v) is 6.38. The zero-order valence-corrected chi connectivity index (χ0v) is 11.0. The summed E-state index contributed by atoms with van der Waals surface area (Å²) in [6.07, 6.45) is 1.70. The average Bonchev–Trinajstić information content (AvgIpc) is 3.17. The van der Waals surface area contributed by atoms with E-state index in [0.29, 0.717) is 12.3 Å². The van der Waals surface area contributed by atoms with E-state index in [1.54, 1.807) is 12.3 Å². The molecule has 6 heteroatoms. The number of hydrogen-bond donors (Lipinski definition) is 3. The van der Waals surface area contributed by atoms with Crippen molar-refractivity contribution >= 4 is 11.7 Å². The predicted octanol–water partition coefficient (Wildman–Crippen LogP) is 2.98. The van der Waals surface area contributed by atoms with Gasteiger partial charge in [-0.1, -0.05) is 12.1 Å². The van der Waals surface area contributed by atoms with Crippen molar-refractivity contribution < 1.29 is 14.3 Å². The molecule has 0 aliphatic heterocycles. The zero-order chi connectivity index (χ0) is 14.7. The smallest absolute Gasteiger partial charge is 0.371 e. The van der Waals surface area contributed by atoms with Crippen molar-refractivity contribution in [3.05, 3.63) is 60.2 Å². The summed E-state index contributed by atoms with van der Waals surface area (Å²) in [6, 6.07) is 12.8. The van der Waals surface area contributed by atoms with E-state index in [9.17, 15) is 4.79 Å². The number of nitrogens with one attached hydrogen (secondary N) is 2. The molecule has 0 aliphatic rings. The van der Waals surface area contributed by atoms with Gasteiger partial charge in [-0.05, 0) is 30.3 Å². The molecule has 3 N–H and O–H groups in total. The van der Waals surface area contributed by atoms with Gasteiger partial charge in [0.1, 0.15) is 5.76 Å². The number of carboxylic acid groups (broad SMARTS) is 1. The molecular weight excluding hydrogens is 270 g/mol. The summed E-state index contributed by atoms with van der Waals surface area (Å²) in [7, 11) is 0. The van der Waals surface area contributed by atoms with Crippen LogP contribution in [0.4, 0.5) is 5.69 Å². The van der Waals surface area contributed by atoms with E-state index >= 15 is 0 Å². The van der Waals surface area contributed by atoms with E-state index < -0.39 is 5.97 Å². The van der Waals surface area contributed by atoms with Crippen molar-refractivity contribution in [3.8, 4) is 11.3 Å². The van der Waals surface area contributed by atoms with Gasteiger partial charge in [0.05, 0.1) is 12.2 Å². The fourth-order valence-corrected chi connectivity index (χ4v) is 1.99. The number of aromatic amines is 1. The lowest BCUT2D eigenvalue weighted by molar-refractivity contribution is 0.0660. The minimum atomic E-state index is -1.07. The SMILES string of the molecule is O=C(O)c1ccc(CNc2cccc(-c3ccn[nH]3)c2)o1. The second kappa shape index (κ2) is 5.54. The highest BCUT2D eigenvalue weighted by atomic mass is 16.4. The van der Waals surface area contributed by atoms with Crippen LogP contribution < -0.4 is 5.32 Å². The number of furan rings is 1. The average molecular weight is 283 g/mol. The number of nitrogens with zero attached hydrogens (tertiary/aromatic N) is 1. The highest BCUT2D eigenvalue weighted by Gasteiger charge is 2.08. The predicted molar refractivity (Wildman–Crippen MR) is 77.0 cm³/mol. The number of aromatic carboxylic acids is 1. The van der Waals surface area contributed by atoms with Crippen LogP contribution in [0.3, 0.4) is 0 Å². The second-order valence-corrected chi connectivity index (χ2v) is 4.48. The van der Waals surface area contributed by atoms with E-state index in [0.717, 1.165) is 16.9 Å². The summed E-state index contributed by atoms with van der Waals surface area (Å²) >= 11 is 0. The van der Waals surface area contributed by atoms with Gasteiger partial charge in [-0.25, -0.2) is 4.79 Å². The summed E-state index contributed by atoms with van der Waals surface area (Å²) in [6.45, 7) is 0.416. The molecule has 0 radical (unpaired) electrons. The summed E-state index contributed by atoms with van der Waals surface area (Å²) < 4.78 is 5.19. The van der Waals surface area contributed by atoms with Crippen LogP contribution in [0.15, 0.2) is 53.1 Å². The fourth-order valence-electron chi connectivity index (χ4n) is 1.99. The highest BCUT2D eigenvalue weighted by Crippen LogP contribution is 2.21. The Kier molecular flexibility index (Phi) is 3.42. The monoisotopic (exact) mass is 283 g/mol. The zero-order valence-electron chi connectivity index (χ0n) is 11.0. The molecule has 2 aromatic heterocycles. The largest absolute Gasteiger partial charge is 0.475 e. The number of carboxylic acids is 1. The van der Waals surface area contributed by atoms with Gasteiger partial charge in [-0.15, -0.1) is 0 Å². The minimum absolute atomic E-state index is 0.0574. The Labute approximate surface area is 120 Å². The Morgan fingerprint density at radius 3 is 2.90 bits per heavy atom. The molecule has 0 saturated carbocycles. The maximum absolute atomic E-state index is 10.7. The number of anilines is 1. The molecule has 0 aliphatic carbocycles. The van der Waals surface area contributed by atoms with Crippen LogP contribution in [-0.4, -0.2) is 21.3 Å². The number of carbonyl (C=O) groups is 1. The fraction of sp³-hybridized carbons (Fsp3) is 0.0667. The molecule has 0 saturated heterocycles. The van der Waals surface area contributed by atoms with Gasteiger partial charge in [0.2, 0.25) is 5.76 Å². The van der Waals surface area contributed by atoms with Gasteiger partial charge in [0.25, 0.3) is 0 Å². The van der Waals surface area contributed by atoms with Crippen LogP contribution in [0.5, 0.6) is 0 Å². The lowest BCUT2D eigenvalue weighted by atomic mass is 10.1. The molecule has 106 valence electrons. The number of hydrogen-bond acceptors (Lipinski definition) is 4. The molecule has 0 fully saturated rings. The van der Waals surface area contributed by atoms with Crippen LogP contribution in [-0.2, 0) is 6.54 Å². The quantitative estimate of drug-likeness (QED) is 0.669. The van der Waals surface area contributed by atoms with Crippen molar-refractivity contribution in [2.45, 2.75) is 6.54 Å². The van der Waals surface area contributed by atoms with Crippen molar-refractivity contribution in [2.24, 2.45) is 0 Å². The third kappa shape index (κ3) is 2.94. The van der Waals surface area contributed by atoms with Gasteiger partial charge in [-0.3, -0.25) is 5.10 Å². The van der Waals surface area contributed by atoms with Crippen LogP contribution in [0, 0.1) is 0 Å². The lowest BCUT2D eigenvalue weighted by Crippen LogP contribution is -1.98. The van der Waals surface area contributed by atoms with Gasteiger partial charge in [-0.2, -0.15) is 5.10 Å². The summed E-state index contributed by atoms with van der Waals surface area (Å²) in [4.78, 5) is 10.7. The highest BCUT2D eigenvalue weighted by molar-refractivity contribution is 5.84. The molecule has 0 atom stereocenters. The normalized spacial score (nSPS) is 10.5. The molecule has 0 amide bonds. The summed E-state index contributed by atoms with van der Waals surface area (Å²) in [5, 5.41) is 18.8. The first-order chi connectivity index (χ1) is 10.2. The molecule has 0 unspecified atom stereocenters. The van der Waals surface area contributed by atoms with Crippen LogP contribution >= 0.6 is 0 Å². The van der Waals surface area contributed by atoms with Crippen LogP contribution in [0.25, 0.3) is 11.3 Å². The van der Waals surface area contributed by atoms with Crippen molar-refractivity contribution in [3.63, 3.8) is 0 Å². The van der Waals surface area contributed by atoms with Gasteiger partial charge >= 0.3 is 5.97 Å². The molecule has 3 aromatic rings.